The number of aromatic nitrogens is 2. The maximum atomic E-state index is 12.6. The van der Waals surface area contributed by atoms with Gasteiger partial charge in [0.05, 0.1) is 16.0 Å². The van der Waals surface area contributed by atoms with Gasteiger partial charge < -0.3 is 4.98 Å². The van der Waals surface area contributed by atoms with E-state index in [1.165, 1.54) is 24.3 Å². The van der Waals surface area contributed by atoms with Crippen LogP contribution in [0.5, 0.6) is 0 Å². The third kappa shape index (κ3) is 3.72. The molecule has 0 unspecified atom stereocenters. The Labute approximate surface area is 164 Å². The fourth-order valence-electron chi connectivity index (χ4n) is 2.91. The molecule has 142 valence electrons. The Morgan fingerprint density at radius 2 is 1.66 bits per heavy atom. The van der Waals surface area contributed by atoms with Crippen molar-refractivity contribution in [3.63, 3.8) is 0 Å². The van der Waals surface area contributed by atoms with Crippen molar-refractivity contribution < 1.29 is 14.5 Å². The first-order valence-corrected chi connectivity index (χ1v) is 8.66. The van der Waals surface area contributed by atoms with Crippen LogP contribution in [-0.2, 0) is 0 Å². The average molecular weight is 386 g/mol. The molecule has 1 aromatic heterocycles. The van der Waals surface area contributed by atoms with Crippen LogP contribution < -0.4 is 5.32 Å². The first-order chi connectivity index (χ1) is 14.0. The molecule has 29 heavy (non-hydrogen) atoms. The van der Waals surface area contributed by atoms with Crippen molar-refractivity contribution in [2.24, 2.45) is 0 Å². The van der Waals surface area contributed by atoms with Crippen LogP contribution in [0.4, 0.5) is 11.6 Å². The number of imidazole rings is 1. The number of amides is 1. The molecule has 0 fully saturated rings. The molecule has 4 aromatic rings. The molecule has 0 saturated heterocycles. The van der Waals surface area contributed by atoms with Crippen LogP contribution in [-0.4, -0.2) is 26.6 Å². The lowest BCUT2D eigenvalue weighted by Gasteiger charge is -2.01. The second kappa shape index (κ2) is 7.35. The molecule has 1 amide bonds. The van der Waals surface area contributed by atoms with Crippen LogP contribution in [0.25, 0.3) is 11.0 Å². The lowest BCUT2D eigenvalue weighted by atomic mass is 10.0. The molecule has 4 rings (SSSR count). The normalized spacial score (nSPS) is 10.6. The van der Waals surface area contributed by atoms with E-state index in [1.54, 1.807) is 42.5 Å². The molecule has 0 saturated carbocycles. The number of nitrogens with one attached hydrogen (secondary N) is 2. The number of hydrogen-bond donors (Lipinski definition) is 2. The number of nitro benzene ring substituents is 1. The minimum Gasteiger partial charge on any atom is -0.324 e. The molecule has 0 spiro atoms. The van der Waals surface area contributed by atoms with Crippen molar-refractivity contribution in [3.05, 3.63) is 99.6 Å². The number of hydrogen-bond acceptors (Lipinski definition) is 5. The zero-order chi connectivity index (χ0) is 20.4. The van der Waals surface area contributed by atoms with Gasteiger partial charge in [0.2, 0.25) is 5.95 Å². The summed E-state index contributed by atoms with van der Waals surface area (Å²) in [6.07, 6.45) is 0. The highest BCUT2D eigenvalue weighted by atomic mass is 16.6. The van der Waals surface area contributed by atoms with Gasteiger partial charge in [-0.05, 0) is 24.3 Å². The van der Waals surface area contributed by atoms with Gasteiger partial charge in [0.15, 0.2) is 5.78 Å². The summed E-state index contributed by atoms with van der Waals surface area (Å²) in [5.74, 6) is -0.474. The van der Waals surface area contributed by atoms with Gasteiger partial charge in [-0.1, -0.05) is 36.4 Å². The highest BCUT2D eigenvalue weighted by Crippen LogP contribution is 2.20. The number of nitrogens with zero attached hydrogens (tertiary/aromatic N) is 2. The summed E-state index contributed by atoms with van der Waals surface area (Å²) in [5, 5.41) is 13.4. The summed E-state index contributed by atoms with van der Waals surface area (Å²) in [4.78, 5) is 42.5. The first kappa shape index (κ1) is 18.1. The fraction of sp³-hybridized carbons (Fsp3) is 0. The van der Waals surface area contributed by atoms with Gasteiger partial charge in [0.1, 0.15) is 0 Å². The second-order valence-corrected chi connectivity index (χ2v) is 6.27. The van der Waals surface area contributed by atoms with Crippen LogP contribution in [0.3, 0.4) is 0 Å². The highest BCUT2D eigenvalue weighted by molar-refractivity contribution is 6.10. The van der Waals surface area contributed by atoms with Crippen molar-refractivity contribution in [1.82, 2.24) is 9.97 Å². The maximum absolute atomic E-state index is 12.6. The van der Waals surface area contributed by atoms with Gasteiger partial charge in [-0.15, -0.1) is 0 Å². The Balaban J connectivity index is 1.58. The Kier molecular flexibility index (Phi) is 4.58. The molecule has 1 heterocycles. The number of carbonyl (C=O) groups is 2. The molecular weight excluding hydrogens is 372 g/mol. The molecule has 3 aromatic carbocycles. The Morgan fingerprint density at radius 1 is 0.897 bits per heavy atom. The first-order valence-electron chi connectivity index (χ1n) is 8.66. The summed E-state index contributed by atoms with van der Waals surface area (Å²) in [6.45, 7) is 0. The topological polar surface area (TPSA) is 118 Å². The third-order valence-corrected chi connectivity index (χ3v) is 4.33. The molecular formula is C21H14N4O4. The summed E-state index contributed by atoms with van der Waals surface area (Å²) in [7, 11) is 0. The second-order valence-electron chi connectivity index (χ2n) is 6.27. The van der Waals surface area contributed by atoms with E-state index in [2.05, 4.69) is 15.3 Å². The number of ketones is 1. The van der Waals surface area contributed by atoms with E-state index in [1.807, 2.05) is 6.07 Å². The van der Waals surface area contributed by atoms with Crippen LogP contribution in [0.15, 0.2) is 72.8 Å². The predicted molar refractivity (Wildman–Crippen MR) is 107 cm³/mol. The number of fused-ring (bicyclic) bond motifs is 1. The number of nitro groups is 1. The summed E-state index contributed by atoms with van der Waals surface area (Å²) in [5.41, 5.74) is 2.19. The van der Waals surface area contributed by atoms with Crippen molar-refractivity contribution in [2.75, 3.05) is 5.32 Å². The lowest BCUT2D eigenvalue weighted by Crippen LogP contribution is -2.13. The Bertz CT molecular complexity index is 1250. The van der Waals surface area contributed by atoms with E-state index in [4.69, 9.17) is 0 Å². The number of H-pyrrole nitrogens is 1. The van der Waals surface area contributed by atoms with Crippen LogP contribution in [0.1, 0.15) is 26.3 Å². The minimum atomic E-state index is -0.566. The largest absolute Gasteiger partial charge is 0.324 e. The summed E-state index contributed by atoms with van der Waals surface area (Å²) in [6, 6.07) is 19.3. The number of non-ortho nitro benzene ring substituents is 1. The molecule has 0 bridgehead atoms. The molecule has 0 atom stereocenters. The van der Waals surface area contributed by atoms with Gasteiger partial charge in [-0.2, -0.15) is 0 Å². The van der Waals surface area contributed by atoms with Crippen molar-refractivity contribution in [3.8, 4) is 0 Å². The lowest BCUT2D eigenvalue weighted by molar-refractivity contribution is -0.384. The van der Waals surface area contributed by atoms with Gasteiger partial charge in [0, 0.05) is 28.8 Å². The molecule has 0 aliphatic heterocycles. The van der Waals surface area contributed by atoms with E-state index in [0.717, 1.165) is 0 Å². The third-order valence-electron chi connectivity index (χ3n) is 4.33. The van der Waals surface area contributed by atoms with Crippen molar-refractivity contribution in [2.45, 2.75) is 0 Å². The minimum absolute atomic E-state index is 0.121. The van der Waals surface area contributed by atoms with E-state index in [9.17, 15) is 19.7 Å². The van der Waals surface area contributed by atoms with Gasteiger partial charge >= 0.3 is 0 Å². The maximum Gasteiger partial charge on any atom is 0.270 e. The van der Waals surface area contributed by atoms with Gasteiger partial charge in [-0.3, -0.25) is 25.0 Å². The predicted octanol–water partition coefficient (Wildman–Crippen LogP) is 3.95. The van der Waals surface area contributed by atoms with E-state index in [-0.39, 0.29) is 23.0 Å². The average Bonchev–Trinajstić information content (AvgIpc) is 3.15. The smallest absolute Gasteiger partial charge is 0.270 e. The molecule has 2 N–H and O–H groups in total. The van der Waals surface area contributed by atoms with Crippen LogP contribution >= 0.6 is 0 Å². The van der Waals surface area contributed by atoms with Gasteiger partial charge in [0.25, 0.3) is 11.6 Å². The molecule has 0 aliphatic rings. The monoisotopic (exact) mass is 386 g/mol. The van der Waals surface area contributed by atoms with Crippen molar-refractivity contribution >= 4 is 34.4 Å². The number of carbonyl (C=O) groups excluding carboxylic acids is 2. The Hall–Kier alpha value is -4.33. The van der Waals surface area contributed by atoms with E-state index >= 15 is 0 Å². The van der Waals surface area contributed by atoms with Gasteiger partial charge in [-0.25, -0.2) is 4.98 Å². The number of benzene rings is 3. The molecule has 8 heteroatoms. The Morgan fingerprint density at radius 3 is 2.41 bits per heavy atom. The van der Waals surface area contributed by atoms with Crippen LogP contribution in [0, 0.1) is 10.1 Å². The number of aromatic amines is 1. The van der Waals surface area contributed by atoms with E-state index < -0.39 is 10.8 Å². The SMILES string of the molecule is O=C(Nc1nc2ccc(C(=O)c3ccccc3)cc2[nH]1)c1cccc([N+](=O)[O-])c1. The van der Waals surface area contributed by atoms with E-state index in [0.29, 0.717) is 22.2 Å². The van der Waals surface area contributed by atoms with Crippen molar-refractivity contribution in [1.29, 1.82) is 0 Å². The number of rotatable bonds is 5. The zero-order valence-corrected chi connectivity index (χ0v) is 15.0. The zero-order valence-electron chi connectivity index (χ0n) is 15.0. The molecule has 0 radical (unpaired) electrons. The standard InChI is InChI=1S/C21H14N4O4/c26-19(13-5-2-1-3-6-13)14-9-10-17-18(12-14)23-21(22-17)24-20(27)15-7-4-8-16(11-15)25(28)29/h1-12H,(H2,22,23,24,27). The molecule has 0 aliphatic carbocycles. The summed E-state index contributed by atoms with van der Waals surface area (Å²) < 4.78 is 0. The highest BCUT2D eigenvalue weighted by Gasteiger charge is 2.15. The quantitative estimate of drug-likeness (QED) is 0.306. The number of anilines is 1. The fourth-order valence-corrected chi connectivity index (χ4v) is 2.91. The van der Waals surface area contributed by atoms with Crippen LogP contribution in [0.2, 0.25) is 0 Å². The summed E-state index contributed by atoms with van der Waals surface area (Å²) >= 11 is 0. The molecule has 8 nitrogen and oxygen atoms in total.